The molecule has 1 aliphatic rings. The Morgan fingerprint density at radius 2 is 2.05 bits per heavy atom. The summed E-state index contributed by atoms with van der Waals surface area (Å²) < 4.78 is 0. The second-order valence-electron chi connectivity index (χ2n) is 5.61. The van der Waals surface area contributed by atoms with Crippen LogP contribution < -0.4 is 11.1 Å². The summed E-state index contributed by atoms with van der Waals surface area (Å²) in [4.78, 5) is 11.1. The van der Waals surface area contributed by atoms with Gasteiger partial charge in [-0.05, 0) is 43.0 Å². The third-order valence-corrected chi connectivity index (χ3v) is 4.10. The summed E-state index contributed by atoms with van der Waals surface area (Å²) in [5.74, 6) is 0.531. The number of hydrogen-bond donors (Lipinski definition) is 2. The molecule has 0 spiro atoms. The summed E-state index contributed by atoms with van der Waals surface area (Å²) in [5, 5.41) is 3.47. The summed E-state index contributed by atoms with van der Waals surface area (Å²) in [6, 6.07) is 5.60. The van der Waals surface area contributed by atoms with Crippen molar-refractivity contribution in [2.24, 2.45) is 11.7 Å². The zero-order valence-corrected chi connectivity index (χ0v) is 11.7. The highest BCUT2D eigenvalue weighted by molar-refractivity contribution is 5.93. The molecule has 3 nitrogen and oxygen atoms in total. The van der Waals surface area contributed by atoms with Gasteiger partial charge in [-0.1, -0.05) is 32.1 Å². The summed E-state index contributed by atoms with van der Waals surface area (Å²) in [6.07, 6.45) is 8.24. The smallest absolute Gasteiger partial charge is 0.248 e. The van der Waals surface area contributed by atoms with Crippen LogP contribution in [-0.2, 0) is 0 Å². The minimum atomic E-state index is -0.364. The maximum Gasteiger partial charge on any atom is 0.248 e. The molecule has 0 bridgehead atoms. The van der Waals surface area contributed by atoms with E-state index in [2.05, 4.69) is 5.32 Å². The van der Waals surface area contributed by atoms with Crippen LogP contribution in [0.25, 0.3) is 0 Å². The average molecular weight is 260 g/mol. The van der Waals surface area contributed by atoms with Gasteiger partial charge in [0.15, 0.2) is 0 Å². The first kappa shape index (κ1) is 13.9. The number of nitrogens with one attached hydrogen (secondary N) is 1. The summed E-state index contributed by atoms with van der Waals surface area (Å²) in [5.41, 5.74) is 8.05. The third-order valence-electron chi connectivity index (χ3n) is 4.10. The molecule has 0 unspecified atom stereocenters. The molecule has 1 aliphatic carbocycles. The first-order chi connectivity index (χ1) is 9.16. The van der Waals surface area contributed by atoms with Gasteiger partial charge in [0, 0.05) is 17.8 Å². The van der Waals surface area contributed by atoms with E-state index >= 15 is 0 Å². The van der Waals surface area contributed by atoms with Crippen LogP contribution in [0.15, 0.2) is 18.2 Å². The van der Waals surface area contributed by atoms with Crippen molar-refractivity contribution in [2.75, 3.05) is 11.9 Å². The lowest BCUT2D eigenvalue weighted by molar-refractivity contribution is 0.1000. The number of rotatable bonds is 5. The van der Waals surface area contributed by atoms with Gasteiger partial charge in [0.2, 0.25) is 5.91 Å². The van der Waals surface area contributed by atoms with Crippen molar-refractivity contribution < 1.29 is 4.79 Å². The summed E-state index contributed by atoms with van der Waals surface area (Å²) in [6.45, 7) is 3.02. The zero-order chi connectivity index (χ0) is 13.7. The molecule has 0 aliphatic heterocycles. The molecule has 3 N–H and O–H groups in total. The standard InChI is InChI=1S/C16H24N2O/c1-12-11-14(16(17)19)7-8-15(12)18-10-9-13-5-3-2-4-6-13/h7-8,11,13,18H,2-6,9-10H2,1H3,(H2,17,19). The van der Waals surface area contributed by atoms with E-state index in [9.17, 15) is 4.79 Å². The van der Waals surface area contributed by atoms with Gasteiger partial charge in [-0.2, -0.15) is 0 Å². The average Bonchev–Trinajstić information content (AvgIpc) is 2.41. The van der Waals surface area contributed by atoms with Crippen LogP contribution in [-0.4, -0.2) is 12.5 Å². The van der Waals surface area contributed by atoms with Gasteiger partial charge in [0.25, 0.3) is 0 Å². The molecule has 1 aromatic carbocycles. The Morgan fingerprint density at radius 3 is 2.68 bits per heavy atom. The fourth-order valence-electron chi connectivity index (χ4n) is 2.90. The second-order valence-corrected chi connectivity index (χ2v) is 5.61. The van der Waals surface area contributed by atoms with Crippen LogP contribution in [0.4, 0.5) is 5.69 Å². The molecule has 3 heteroatoms. The van der Waals surface area contributed by atoms with Crippen LogP contribution >= 0.6 is 0 Å². The quantitative estimate of drug-likeness (QED) is 0.851. The van der Waals surface area contributed by atoms with Crippen molar-refractivity contribution in [3.8, 4) is 0 Å². The highest BCUT2D eigenvalue weighted by Crippen LogP contribution is 2.26. The fourth-order valence-corrected chi connectivity index (χ4v) is 2.90. The van der Waals surface area contributed by atoms with Crippen molar-refractivity contribution in [3.05, 3.63) is 29.3 Å². The maximum atomic E-state index is 11.1. The minimum Gasteiger partial charge on any atom is -0.385 e. The maximum absolute atomic E-state index is 11.1. The Bertz CT molecular complexity index is 436. The Morgan fingerprint density at radius 1 is 1.32 bits per heavy atom. The van der Waals surface area contributed by atoms with Gasteiger partial charge in [-0.25, -0.2) is 0 Å². The van der Waals surface area contributed by atoms with Crippen LogP contribution in [0.3, 0.4) is 0 Å². The third kappa shape index (κ3) is 3.98. The van der Waals surface area contributed by atoms with Crippen LogP contribution in [0.2, 0.25) is 0 Å². The van der Waals surface area contributed by atoms with E-state index in [-0.39, 0.29) is 5.91 Å². The molecule has 2 rings (SSSR count). The van der Waals surface area contributed by atoms with Gasteiger partial charge in [0.1, 0.15) is 0 Å². The first-order valence-corrected chi connectivity index (χ1v) is 7.31. The lowest BCUT2D eigenvalue weighted by atomic mass is 9.87. The van der Waals surface area contributed by atoms with Crippen molar-refractivity contribution in [3.63, 3.8) is 0 Å². The van der Waals surface area contributed by atoms with Gasteiger partial charge < -0.3 is 11.1 Å². The molecule has 0 atom stereocenters. The van der Waals surface area contributed by atoms with Gasteiger partial charge >= 0.3 is 0 Å². The molecule has 19 heavy (non-hydrogen) atoms. The van der Waals surface area contributed by atoms with Crippen LogP contribution in [0.5, 0.6) is 0 Å². The van der Waals surface area contributed by atoms with Crippen LogP contribution in [0.1, 0.15) is 54.4 Å². The lowest BCUT2D eigenvalue weighted by Crippen LogP contribution is -2.14. The van der Waals surface area contributed by atoms with E-state index in [1.807, 2.05) is 19.1 Å². The molecule has 0 aromatic heterocycles. The number of primary amides is 1. The van der Waals surface area contributed by atoms with E-state index in [0.717, 1.165) is 23.7 Å². The van der Waals surface area contributed by atoms with Gasteiger partial charge in [0.05, 0.1) is 0 Å². The summed E-state index contributed by atoms with van der Waals surface area (Å²) in [7, 11) is 0. The zero-order valence-electron chi connectivity index (χ0n) is 11.7. The van der Waals surface area contributed by atoms with Gasteiger partial charge in [-0.15, -0.1) is 0 Å². The fraction of sp³-hybridized carbons (Fsp3) is 0.562. The molecule has 104 valence electrons. The SMILES string of the molecule is Cc1cc(C(N)=O)ccc1NCCC1CCCCC1. The van der Waals surface area contributed by atoms with Crippen molar-refractivity contribution >= 4 is 11.6 Å². The van der Waals surface area contributed by atoms with Gasteiger partial charge in [-0.3, -0.25) is 4.79 Å². The largest absolute Gasteiger partial charge is 0.385 e. The first-order valence-electron chi connectivity index (χ1n) is 7.31. The monoisotopic (exact) mass is 260 g/mol. The second kappa shape index (κ2) is 6.60. The molecule has 0 saturated heterocycles. The van der Waals surface area contributed by atoms with E-state index in [1.54, 1.807) is 6.07 Å². The minimum absolute atomic E-state index is 0.364. The highest BCUT2D eigenvalue weighted by Gasteiger charge is 2.12. The van der Waals surface area contributed by atoms with Crippen molar-refractivity contribution in [1.29, 1.82) is 0 Å². The van der Waals surface area contributed by atoms with E-state index < -0.39 is 0 Å². The molecular formula is C16H24N2O. The number of hydrogen-bond acceptors (Lipinski definition) is 2. The number of benzene rings is 1. The van der Waals surface area contributed by atoms with E-state index in [0.29, 0.717) is 5.56 Å². The Hall–Kier alpha value is -1.51. The molecule has 0 radical (unpaired) electrons. The topological polar surface area (TPSA) is 55.1 Å². The predicted molar refractivity (Wildman–Crippen MR) is 79.4 cm³/mol. The number of anilines is 1. The lowest BCUT2D eigenvalue weighted by Gasteiger charge is -2.22. The molecule has 1 saturated carbocycles. The van der Waals surface area contributed by atoms with Crippen molar-refractivity contribution in [1.82, 2.24) is 0 Å². The summed E-state index contributed by atoms with van der Waals surface area (Å²) >= 11 is 0. The van der Waals surface area contributed by atoms with E-state index in [4.69, 9.17) is 5.73 Å². The predicted octanol–water partition coefficient (Wildman–Crippen LogP) is 3.48. The molecule has 1 aromatic rings. The normalized spacial score (nSPS) is 16.3. The number of carbonyl (C=O) groups excluding carboxylic acids is 1. The number of nitrogens with two attached hydrogens (primary N) is 1. The number of amides is 1. The number of carbonyl (C=O) groups is 1. The Balaban J connectivity index is 1.83. The molecule has 1 fully saturated rings. The molecule has 0 heterocycles. The number of aryl methyl sites for hydroxylation is 1. The molecule has 1 amide bonds. The van der Waals surface area contributed by atoms with Crippen molar-refractivity contribution in [2.45, 2.75) is 45.4 Å². The highest BCUT2D eigenvalue weighted by atomic mass is 16.1. The van der Waals surface area contributed by atoms with E-state index in [1.165, 1.54) is 38.5 Å². The Kier molecular flexibility index (Phi) is 4.83. The molecular weight excluding hydrogens is 236 g/mol. The Labute approximate surface area is 115 Å². The van der Waals surface area contributed by atoms with Crippen LogP contribution in [0, 0.1) is 12.8 Å².